The number of ether oxygens (including phenoxy) is 3. The maximum atomic E-state index is 12.8. The maximum absolute atomic E-state index is 12.8. The Labute approximate surface area is 455 Å². The fourth-order valence-electron chi connectivity index (χ4n) is 7.89. The van der Waals surface area contributed by atoms with Gasteiger partial charge in [-0.3, -0.25) is 14.4 Å². The third-order valence-corrected chi connectivity index (χ3v) is 12.4. The highest BCUT2D eigenvalue weighted by Gasteiger charge is 2.19. The predicted octanol–water partition coefficient (Wildman–Crippen LogP) is 20.6. The van der Waals surface area contributed by atoms with E-state index in [4.69, 9.17) is 14.2 Å². The van der Waals surface area contributed by atoms with Crippen LogP contribution in [0.4, 0.5) is 0 Å². The molecule has 0 aliphatic heterocycles. The molecular formula is C68H110O6. The van der Waals surface area contributed by atoms with Gasteiger partial charge in [0, 0.05) is 19.3 Å². The van der Waals surface area contributed by atoms with Gasteiger partial charge in [0.1, 0.15) is 13.2 Å². The van der Waals surface area contributed by atoms with Gasteiger partial charge in [-0.1, -0.05) is 257 Å². The Morgan fingerprint density at radius 2 is 0.541 bits per heavy atom. The highest BCUT2D eigenvalue weighted by atomic mass is 16.6. The lowest BCUT2D eigenvalue weighted by atomic mass is 10.1. The Balaban J connectivity index is 4.43. The topological polar surface area (TPSA) is 78.9 Å². The standard InChI is InChI=1S/C68H110O6/c1-4-7-10-13-16-19-22-24-26-28-29-30-31-32-33-34-35-36-37-38-39-40-42-43-46-49-52-55-58-61-67(70)73-64-65(63-72-66(69)60-57-54-51-48-45-21-18-15-12-9-6-3)74-68(71)62-59-56-53-50-47-44-41-27-25-23-20-17-14-11-8-5-2/h7,10,16,19-20,23-24,26-27,29-30,32-33,35-36,38-39,41-43,49,52,65H,4-6,8-9,11-15,17-18,21-22,25,28,31,34,37,40,44-48,50-51,53-64H2,1-3H3/b10-7-,19-16-,23-20-,26-24-,30-29-,33-32-,36-35-,39-38-,41-27-,43-42-,52-49-. The fourth-order valence-corrected chi connectivity index (χ4v) is 7.89. The highest BCUT2D eigenvalue weighted by Crippen LogP contribution is 2.14. The minimum atomic E-state index is -0.811. The number of allylic oxidation sites excluding steroid dienone is 22. The number of unbranched alkanes of at least 4 members (excludes halogenated alkanes) is 20. The first-order chi connectivity index (χ1) is 36.5. The monoisotopic (exact) mass is 1020 g/mol. The molecule has 1 atom stereocenters. The van der Waals surface area contributed by atoms with E-state index < -0.39 is 6.10 Å². The van der Waals surface area contributed by atoms with Gasteiger partial charge in [-0.05, 0) is 116 Å². The summed E-state index contributed by atoms with van der Waals surface area (Å²) < 4.78 is 16.8. The SMILES string of the molecule is CC/C=C\C/C=C\C/C=C\C/C=C\C/C=C\C/C=C\C/C=C\C/C=C\C/C=C\CCCC(=O)OCC(COC(=O)CCCCCCCCCCCCC)OC(=O)CCCCCCC/C=C\C/C=C\CCCCCC. The molecule has 6 heteroatoms. The van der Waals surface area contributed by atoms with Crippen LogP contribution in [0.25, 0.3) is 0 Å². The molecule has 0 fully saturated rings. The zero-order valence-electron chi connectivity index (χ0n) is 47.8. The van der Waals surface area contributed by atoms with Gasteiger partial charge in [0.15, 0.2) is 6.10 Å². The molecule has 0 saturated carbocycles. The van der Waals surface area contributed by atoms with Gasteiger partial charge in [-0.15, -0.1) is 0 Å². The third-order valence-electron chi connectivity index (χ3n) is 12.4. The molecule has 0 aliphatic carbocycles. The minimum absolute atomic E-state index is 0.103. The molecule has 418 valence electrons. The molecule has 0 spiro atoms. The smallest absolute Gasteiger partial charge is 0.306 e. The van der Waals surface area contributed by atoms with Gasteiger partial charge in [-0.2, -0.15) is 0 Å². The summed E-state index contributed by atoms with van der Waals surface area (Å²) in [5.41, 5.74) is 0. The van der Waals surface area contributed by atoms with Gasteiger partial charge >= 0.3 is 17.9 Å². The first kappa shape index (κ1) is 69.5. The van der Waals surface area contributed by atoms with Crippen molar-refractivity contribution >= 4 is 17.9 Å². The summed E-state index contributed by atoms with van der Waals surface area (Å²) in [5.74, 6) is -0.983. The molecule has 0 rings (SSSR count). The molecule has 0 N–H and O–H groups in total. The zero-order chi connectivity index (χ0) is 53.6. The number of hydrogen-bond acceptors (Lipinski definition) is 6. The van der Waals surface area contributed by atoms with Crippen LogP contribution in [0.2, 0.25) is 0 Å². The van der Waals surface area contributed by atoms with E-state index in [0.717, 1.165) is 128 Å². The van der Waals surface area contributed by atoms with E-state index >= 15 is 0 Å². The summed E-state index contributed by atoms with van der Waals surface area (Å²) >= 11 is 0. The number of hydrogen-bond donors (Lipinski definition) is 0. The molecule has 74 heavy (non-hydrogen) atoms. The van der Waals surface area contributed by atoms with Gasteiger partial charge in [0.25, 0.3) is 0 Å². The van der Waals surface area contributed by atoms with E-state index in [0.29, 0.717) is 19.3 Å². The number of carbonyl (C=O) groups is 3. The molecule has 0 bridgehead atoms. The van der Waals surface area contributed by atoms with Gasteiger partial charge in [0.2, 0.25) is 0 Å². The number of esters is 3. The molecule has 0 heterocycles. The van der Waals surface area contributed by atoms with E-state index in [1.54, 1.807) is 0 Å². The van der Waals surface area contributed by atoms with E-state index in [2.05, 4.69) is 154 Å². The first-order valence-corrected chi connectivity index (χ1v) is 30.2. The summed E-state index contributed by atoms with van der Waals surface area (Å²) in [7, 11) is 0. The van der Waals surface area contributed by atoms with Crippen molar-refractivity contribution in [2.75, 3.05) is 13.2 Å². The van der Waals surface area contributed by atoms with E-state index in [1.165, 1.54) is 83.5 Å². The van der Waals surface area contributed by atoms with Crippen molar-refractivity contribution in [2.24, 2.45) is 0 Å². The normalized spacial score (nSPS) is 13.1. The lowest BCUT2D eigenvalue weighted by Gasteiger charge is -2.18. The Bertz CT molecular complexity index is 1600. The first-order valence-electron chi connectivity index (χ1n) is 30.2. The van der Waals surface area contributed by atoms with Crippen LogP contribution in [0.1, 0.15) is 258 Å². The van der Waals surface area contributed by atoms with Crippen LogP contribution in [0.5, 0.6) is 0 Å². The van der Waals surface area contributed by atoms with Gasteiger partial charge in [0.05, 0.1) is 0 Å². The molecule has 0 saturated heterocycles. The quantitative estimate of drug-likeness (QED) is 0.0261. The second-order valence-corrected chi connectivity index (χ2v) is 19.5. The summed E-state index contributed by atoms with van der Waals surface area (Å²) in [6.45, 7) is 6.44. The van der Waals surface area contributed by atoms with Crippen LogP contribution >= 0.6 is 0 Å². The second kappa shape index (κ2) is 61.1. The largest absolute Gasteiger partial charge is 0.462 e. The Morgan fingerprint density at radius 3 is 0.892 bits per heavy atom. The molecule has 0 amide bonds. The Morgan fingerprint density at radius 1 is 0.284 bits per heavy atom. The van der Waals surface area contributed by atoms with Crippen molar-refractivity contribution in [1.82, 2.24) is 0 Å². The fraction of sp³-hybridized carbons (Fsp3) is 0.632. The van der Waals surface area contributed by atoms with Crippen LogP contribution in [0, 0.1) is 0 Å². The lowest BCUT2D eigenvalue weighted by Crippen LogP contribution is -2.30. The van der Waals surface area contributed by atoms with Crippen LogP contribution in [0.3, 0.4) is 0 Å². The average molecular weight is 1020 g/mol. The molecule has 0 radical (unpaired) electrons. The van der Waals surface area contributed by atoms with Crippen molar-refractivity contribution in [3.05, 3.63) is 134 Å². The highest BCUT2D eigenvalue weighted by molar-refractivity contribution is 5.71. The van der Waals surface area contributed by atoms with Crippen LogP contribution < -0.4 is 0 Å². The van der Waals surface area contributed by atoms with E-state index in [-0.39, 0.29) is 37.5 Å². The van der Waals surface area contributed by atoms with Crippen molar-refractivity contribution in [3.63, 3.8) is 0 Å². The zero-order valence-corrected chi connectivity index (χ0v) is 47.8. The summed E-state index contributed by atoms with van der Waals surface area (Å²) in [5, 5.41) is 0. The Hall–Kier alpha value is -4.45. The molecule has 0 aliphatic rings. The molecule has 1 unspecified atom stereocenters. The second-order valence-electron chi connectivity index (χ2n) is 19.5. The number of rotatable bonds is 53. The summed E-state index contributed by atoms with van der Waals surface area (Å²) in [6, 6.07) is 0. The van der Waals surface area contributed by atoms with Crippen molar-refractivity contribution in [1.29, 1.82) is 0 Å². The lowest BCUT2D eigenvalue weighted by molar-refractivity contribution is -0.167. The van der Waals surface area contributed by atoms with E-state index in [1.807, 2.05) is 0 Å². The summed E-state index contributed by atoms with van der Waals surface area (Å²) in [4.78, 5) is 38.1. The van der Waals surface area contributed by atoms with Crippen LogP contribution in [-0.2, 0) is 28.6 Å². The van der Waals surface area contributed by atoms with Crippen molar-refractivity contribution in [2.45, 2.75) is 264 Å². The van der Waals surface area contributed by atoms with Crippen molar-refractivity contribution in [3.8, 4) is 0 Å². The van der Waals surface area contributed by atoms with Crippen molar-refractivity contribution < 1.29 is 28.6 Å². The van der Waals surface area contributed by atoms with Gasteiger partial charge in [-0.25, -0.2) is 0 Å². The van der Waals surface area contributed by atoms with E-state index in [9.17, 15) is 14.4 Å². The predicted molar refractivity (Wildman–Crippen MR) is 320 cm³/mol. The molecule has 6 nitrogen and oxygen atoms in total. The maximum Gasteiger partial charge on any atom is 0.306 e. The third kappa shape index (κ3) is 58.4. The molecule has 0 aromatic heterocycles. The summed E-state index contributed by atoms with van der Waals surface area (Å²) in [6.07, 6.45) is 86.0. The molecular weight excluding hydrogens is 913 g/mol. The van der Waals surface area contributed by atoms with Crippen LogP contribution in [0.15, 0.2) is 134 Å². The average Bonchev–Trinajstić information content (AvgIpc) is 3.40. The van der Waals surface area contributed by atoms with Crippen LogP contribution in [-0.4, -0.2) is 37.2 Å². The van der Waals surface area contributed by atoms with Gasteiger partial charge < -0.3 is 14.2 Å². The Kier molecular flexibility index (Phi) is 57.4. The molecule has 0 aromatic rings. The molecule has 0 aromatic carbocycles. The number of carbonyl (C=O) groups excluding carboxylic acids is 3. The minimum Gasteiger partial charge on any atom is -0.462 e.